The van der Waals surface area contributed by atoms with Crippen LogP contribution in [0.15, 0.2) is 36.0 Å². The highest BCUT2D eigenvalue weighted by Gasteiger charge is 2.03. The third-order valence-corrected chi connectivity index (χ3v) is 2.54. The molecule has 0 aromatic rings. The molecule has 1 atom stereocenters. The molecular formula is C15H25NO2. The van der Waals surface area contributed by atoms with Gasteiger partial charge in [-0.25, -0.2) is 4.79 Å². The van der Waals surface area contributed by atoms with Crippen LogP contribution in [-0.4, -0.2) is 19.1 Å². The molecule has 0 saturated heterocycles. The molecule has 0 aliphatic heterocycles. The Morgan fingerprint density at radius 2 is 2.11 bits per heavy atom. The lowest BCUT2D eigenvalue weighted by Crippen LogP contribution is -2.16. The lowest BCUT2D eigenvalue weighted by molar-refractivity contribution is -0.135. The van der Waals surface area contributed by atoms with Crippen molar-refractivity contribution in [3.8, 4) is 0 Å². The third-order valence-electron chi connectivity index (χ3n) is 2.54. The topological polar surface area (TPSA) is 52.3 Å². The Kier molecular flexibility index (Phi) is 9.97. The molecule has 0 saturated carbocycles. The first-order chi connectivity index (χ1) is 8.65. The minimum atomic E-state index is -0.336. The van der Waals surface area contributed by atoms with Gasteiger partial charge in [-0.2, -0.15) is 0 Å². The number of hydrogen-bond acceptors (Lipinski definition) is 3. The van der Waals surface area contributed by atoms with Gasteiger partial charge in [0, 0.05) is 6.04 Å². The Hall–Kier alpha value is -1.35. The van der Waals surface area contributed by atoms with Crippen molar-refractivity contribution in [1.82, 2.24) is 0 Å². The van der Waals surface area contributed by atoms with E-state index in [4.69, 9.17) is 5.73 Å². The maximum Gasteiger partial charge on any atom is 0.337 e. The summed E-state index contributed by atoms with van der Waals surface area (Å²) in [7, 11) is 1.37. The first-order valence-corrected chi connectivity index (χ1v) is 6.50. The summed E-state index contributed by atoms with van der Waals surface area (Å²) in [5.41, 5.74) is 6.46. The zero-order valence-corrected chi connectivity index (χ0v) is 11.7. The Morgan fingerprint density at radius 1 is 1.39 bits per heavy atom. The van der Waals surface area contributed by atoms with Crippen molar-refractivity contribution in [3.63, 3.8) is 0 Å². The summed E-state index contributed by atoms with van der Waals surface area (Å²) in [6, 6.07) is 0.0531. The Morgan fingerprint density at radius 3 is 2.67 bits per heavy atom. The van der Waals surface area contributed by atoms with Gasteiger partial charge < -0.3 is 10.5 Å². The number of hydrogen-bond donors (Lipinski definition) is 1. The summed E-state index contributed by atoms with van der Waals surface area (Å²) in [4.78, 5) is 11.4. The van der Waals surface area contributed by atoms with Gasteiger partial charge in [0.2, 0.25) is 0 Å². The largest absolute Gasteiger partial charge is 0.465 e. The van der Waals surface area contributed by atoms with E-state index in [9.17, 15) is 4.79 Å². The van der Waals surface area contributed by atoms with Crippen molar-refractivity contribution in [1.29, 1.82) is 0 Å². The lowest BCUT2D eigenvalue weighted by Gasteiger charge is -2.04. The molecule has 0 spiro atoms. The van der Waals surface area contributed by atoms with Crippen LogP contribution in [0.1, 0.15) is 39.5 Å². The van der Waals surface area contributed by atoms with Crippen LogP contribution in [0.4, 0.5) is 0 Å². The first kappa shape index (κ1) is 16.6. The summed E-state index contributed by atoms with van der Waals surface area (Å²) in [5.74, 6) is -0.336. The van der Waals surface area contributed by atoms with Gasteiger partial charge in [-0.05, 0) is 19.4 Å². The molecule has 0 heterocycles. The molecule has 0 unspecified atom stereocenters. The van der Waals surface area contributed by atoms with E-state index in [1.165, 1.54) is 20.0 Å². The van der Waals surface area contributed by atoms with E-state index in [2.05, 4.69) is 11.7 Å². The first-order valence-electron chi connectivity index (χ1n) is 6.50. The maximum atomic E-state index is 11.4. The van der Waals surface area contributed by atoms with E-state index in [0.29, 0.717) is 5.57 Å². The molecule has 0 radical (unpaired) electrons. The molecule has 102 valence electrons. The van der Waals surface area contributed by atoms with E-state index in [0.717, 1.165) is 12.8 Å². The summed E-state index contributed by atoms with van der Waals surface area (Å²) in [6.07, 6.45) is 13.5. The van der Waals surface area contributed by atoms with Crippen molar-refractivity contribution in [2.75, 3.05) is 7.11 Å². The van der Waals surface area contributed by atoms with Crippen molar-refractivity contribution < 1.29 is 9.53 Å². The van der Waals surface area contributed by atoms with Gasteiger partial charge in [-0.3, -0.25) is 0 Å². The van der Waals surface area contributed by atoms with Crippen LogP contribution in [0.5, 0.6) is 0 Å². The highest BCUT2D eigenvalue weighted by Crippen LogP contribution is 2.04. The number of carbonyl (C=O) groups excluding carboxylic acids is 1. The second kappa shape index (κ2) is 10.8. The van der Waals surface area contributed by atoms with Gasteiger partial charge in [0.15, 0.2) is 0 Å². The van der Waals surface area contributed by atoms with Crippen molar-refractivity contribution >= 4 is 5.97 Å². The Balaban J connectivity index is 4.33. The molecule has 0 aliphatic rings. The predicted molar refractivity (Wildman–Crippen MR) is 76.2 cm³/mol. The zero-order valence-electron chi connectivity index (χ0n) is 11.7. The van der Waals surface area contributed by atoms with Crippen LogP contribution in [0, 0.1) is 0 Å². The normalized spacial score (nSPS) is 14.3. The third kappa shape index (κ3) is 7.85. The second-order valence-corrected chi connectivity index (χ2v) is 4.16. The lowest BCUT2D eigenvalue weighted by atomic mass is 10.1. The number of carbonyl (C=O) groups is 1. The summed E-state index contributed by atoms with van der Waals surface area (Å²) in [5, 5.41) is 0. The molecule has 3 nitrogen and oxygen atoms in total. The van der Waals surface area contributed by atoms with Gasteiger partial charge in [0.1, 0.15) is 0 Å². The molecule has 3 heteroatoms. The van der Waals surface area contributed by atoms with Crippen LogP contribution in [0.2, 0.25) is 0 Å². The van der Waals surface area contributed by atoms with Gasteiger partial charge >= 0.3 is 5.97 Å². The van der Waals surface area contributed by atoms with E-state index < -0.39 is 0 Å². The predicted octanol–water partition coefficient (Wildman–Crippen LogP) is 3.13. The minimum absolute atomic E-state index is 0.0531. The van der Waals surface area contributed by atoms with E-state index in [1.807, 2.05) is 19.1 Å². The molecule has 0 bridgehead atoms. The molecule has 0 fully saturated rings. The molecule has 0 rings (SSSR count). The fourth-order valence-electron chi connectivity index (χ4n) is 1.52. The average molecular weight is 251 g/mol. The van der Waals surface area contributed by atoms with Crippen molar-refractivity contribution in [3.05, 3.63) is 36.0 Å². The molecule has 18 heavy (non-hydrogen) atoms. The molecule has 0 amide bonds. The van der Waals surface area contributed by atoms with Crippen LogP contribution in [0.3, 0.4) is 0 Å². The number of methoxy groups -OCH3 is 1. The highest BCUT2D eigenvalue weighted by molar-refractivity contribution is 5.91. The smallest absolute Gasteiger partial charge is 0.337 e. The molecular weight excluding hydrogens is 226 g/mol. The number of unbranched alkanes of at least 4 members (excludes halogenated alkanes) is 2. The minimum Gasteiger partial charge on any atom is -0.465 e. The van der Waals surface area contributed by atoms with E-state index in [1.54, 1.807) is 18.2 Å². The van der Waals surface area contributed by atoms with Crippen LogP contribution < -0.4 is 5.73 Å². The Bertz CT molecular complexity index is 316. The Labute approximate surface area is 110 Å². The monoisotopic (exact) mass is 251 g/mol. The average Bonchev–Trinajstić information content (AvgIpc) is 2.37. The number of nitrogens with two attached hydrogens (primary N) is 1. The summed E-state index contributed by atoms with van der Waals surface area (Å²) >= 11 is 0. The van der Waals surface area contributed by atoms with E-state index in [-0.39, 0.29) is 12.0 Å². The van der Waals surface area contributed by atoms with Crippen molar-refractivity contribution in [2.24, 2.45) is 5.73 Å². The van der Waals surface area contributed by atoms with Gasteiger partial charge in [-0.1, -0.05) is 50.5 Å². The van der Waals surface area contributed by atoms with Crippen LogP contribution in [-0.2, 0) is 9.53 Å². The summed E-state index contributed by atoms with van der Waals surface area (Å²) < 4.78 is 4.68. The van der Waals surface area contributed by atoms with Crippen LogP contribution in [0.25, 0.3) is 0 Å². The quantitative estimate of drug-likeness (QED) is 0.312. The number of ether oxygens (including phenoxy) is 1. The summed E-state index contributed by atoms with van der Waals surface area (Å²) in [6.45, 7) is 4.03. The maximum absolute atomic E-state index is 11.4. The SMILES string of the molecule is C\C=C/C(=C\C=C\[C@H](N)CCCCC)C(=O)OC. The van der Waals surface area contributed by atoms with Gasteiger partial charge in [-0.15, -0.1) is 0 Å². The number of esters is 1. The number of allylic oxidation sites excluding steroid dienone is 3. The molecule has 0 aliphatic carbocycles. The fourth-order valence-corrected chi connectivity index (χ4v) is 1.52. The molecule has 2 N–H and O–H groups in total. The highest BCUT2D eigenvalue weighted by atomic mass is 16.5. The standard InChI is InChI=1S/C15H25NO2/c1-4-6-7-11-14(16)12-8-10-13(9-5-2)15(17)18-3/h5,8-10,12,14H,4,6-7,11,16H2,1-3H3/b9-5-,12-8+,13-10+/t14-/m1/s1. The fraction of sp³-hybridized carbons (Fsp3) is 0.533. The van der Waals surface area contributed by atoms with Crippen LogP contribution >= 0.6 is 0 Å². The zero-order chi connectivity index (χ0) is 13.8. The second-order valence-electron chi connectivity index (χ2n) is 4.16. The number of rotatable bonds is 8. The molecule has 0 aromatic carbocycles. The van der Waals surface area contributed by atoms with Gasteiger partial charge in [0.05, 0.1) is 12.7 Å². The van der Waals surface area contributed by atoms with Gasteiger partial charge in [0.25, 0.3) is 0 Å². The van der Waals surface area contributed by atoms with Crippen molar-refractivity contribution in [2.45, 2.75) is 45.6 Å². The van der Waals surface area contributed by atoms with E-state index >= 15 is 0 Å². The molecule has 0 aromatic heterocycles.